The first-order chi connectivity index (χ1) is 16.0. The number of hydrogen-bond acceptors (Lipinski definition) is 6. The highest BCUT2D eigenvalue weighted by molar-refractivity contribution is 5.88. The number of nitrogens with one attached hydrogen (secondary N) is 2. The molecule has 3 aromatic rings. The molecule has 0 unspecified atom stereocenters. The van der Waals surface area contributed by atoms with Crippen molar-refractivity contribution in [2.75, 3.05) is 31.6 Å². The van der Waals surface area contributed by atoms with Crippen LogP contribution in [-0.2, 0) is 4.74 Å². The SMILES string of the molecule is FC(F)(F)[C@@H]1CN([C@H]2COc3ccccc3[C@@H]2Nc2ncnc3[nH]c(C4CC4)cc23)CCO1. The Morgan fingerprint density at radius 2 is 2.00 bits per heavy atom. The summed E-state index contributed by atoms with van der Waals surface area (Å²) in [5.74, 6) is 1.93. The molecule has 4 heterocycles. The predicted octanol–water partition coefficient (Wildman–Crippen LogP) is 4.01. The molecule has 1 aliphatic carbocycles. The van der Waals surface area contributed by atoms with Crippen molar-refractivity contribution in [1.29, 1.82) is 0 Å². The predicted molar refractivity (Wildman–Crippen MR) is 115 cm³/mol. The average molecular weight is 459 g/mol. The van der Waals surface area contributed by atoms with E-state index in [2.05, 4.69) is 26.3 Å². The number of alkyl halides is 3. The van der Waals surface area contributed by atoms with Crippen LogP contribution in [0.5, 0.6) is 5.75 Å². The van der Waals surface area contributed by atoms with E-state index in [1.165, 1.54) is 6.33 Å². The Bertz CT molecular complexity index is 1160. The van der Waals surface area contributed by atoms with Gasteiger partial charge in [0.2, 0.25) is 0 Å². The molecule has 2 N–H and O–H groups in total. The van der Waals surface area contributed by atoms with Gasteiger partial charge in [-0.25, -0.2) is 9.97 Å². The second kappa shape index (κ2) is 7.88. The third-order valence-electron chi connectivity index (χ3n) is 6.74. The van der Waals surface area contributed by atoms with Gasteiger partial charge in [-0.3, -0.25) is 4.90 Å². The van der Waals surface area contributed by atoms with Crippen molar-refractivity contribution in [3.05, 3.63) is 47.9 Å². The van der Waals surface area contributed by atoms with Crippen molar-refractivity contribution in [2.24, 2.45) is 0 Å². The first-order valence-electron chi connectivity index (χ1n) is 11.2. The van der Waals surface area contributed by atoms with Gasteiger partial charge < -0.3 is 19.8 Å². The first-order valence-corrected chi connectivity index (χ1v) is 11.2. The Morgan fingerprint density at radius 3 is 2.82 bits per heavy atom. The largest absolute Gasteiger partial charge is 0.491 e. The fourth-order valence-corrected chi connectivity index (χ4v) is 4.84. The highest BCUT2D eigenvalue weighted by Crippen LogP contribution is 2.42. The number of morpholine rings is 1. The van der Waals surface area contributed by atoms with Crippen LogP contribution in [0, 0.1) is 0 Å². The van der Waals surface area contributed by atoms with Crippen LogP contribution in [-0.4, -0.2) is 64.5 Å². The van der Waals surface area contributed by atoms with Gasteiger partial charge in [-0.15, -0.1) is 0 Å². The molecule has 0 spiro atoms. The number of aromatic nitrogens is 3. The highest BCUT2D eigenvalue weighted by atomic mass is 19.4. The summed E-state index contributed by atoms with van der Waals surface area (Å²) >= 11 is 0. The summed E-state index contributed by atoms with van der Waals surface area (Å²) in [6.07, 6.45) is -2.38. The molecule has 174 valence electrons. The lowest BCUT2D eigenvalue weighted by Crippen LogP contribution is -2.57. The minimum absolute atomic E-state index is 0.0232. The zero-order valence-corrected chi connectivity index (χ0v) is 17.8. The second-order valence-electron chi connectivity index (χ2n) is 8.92. The molecule has 0 bridgehead atoms. The third kappa shape index (κ3) is 3.91. The molecule has 6 rings (SSSR count). The number of aromatic amines is 1. The van der Waals surface area contributed by atoms with E-state index in [1.807, 2.05) is 29.2 Å². The van der Waals surface area contributed by atoms with Crippen LogP contribution < -0.4 is 10.1 Å². The van der Waals surface area contributed by atoms with Gasteiger partial charge in [0, 0.05) is 24.3 Å². The van der Waals surface area contributed by atoms with E-state index in [-0.39, 0.29) is 31.8 Å². The summed E-state index contributed by atoms with van der Waals surface area (Å²) in [5.41, 5.74) is 2.81. The number of para-hydroxylation sites is 1. The van der Waals surface area contributed by atoms with Gasteiger partial charge in [0.25, 0.3) is 0 Å². The zero-order valence-electron chi connectivity index (χ0n) is 17.8. The number of halogens is 3. The number of ether oxygens (including phenoxy) is 2. The maximum Gasteiger partial charge on any atom is 0.415 e. The van der Waals surface area contributed by atoms with Crippen LogP contribution in [0.1, 0.15) is 36.1 Å². The van der Waals surface area contributed by atoms with Gasteiger partial charge in [-0.05, 0) is 30.9 Å². The number of rotatable bonds is 4. The molecule has 1 aromatic carbocycles. The van der Waals surface area contributed by atoms with Gasteiger partial charge >= 0.3 is 6.18 Å². The molecule has 2 aliphatic heterocycles. The highest BCUT2D eigenvalue weighted by Gasteiger charge is 2.46. The van der Waals surface area contributed by atoms with Gasteiger partial charge in [0.1, 0.15) is 30.1 Å². The molecular formula is C23H24F3N5O2. The Morgan fingerprint density at radius 1 is 1.15 bits per heavy atom. The van der Waals surface area contributed by atoms with Crippen LogP contribution in [0.4, 0.5) is 19.0 Å². The van der Waals surface area contributed by atoms with Crippen molar-refractivity contribution in [3.8, 4) is 5.75 Å². The number of hydrogen-bond donors (Lipinski definition) is 2. The number of nitrogens with zero attached hydrogens (tertiary/aromatic N) is 3. The lowest BCUT2D eigenvalue weighted by Gasteiger charge is -2.44. The molecule has 0 radical (unpaired) electrons. The molecule has 2 fully saturated rings. The number of fused-ring (bicyclic) bond motifs is 2. The van der Waals surface area contributed by atoms with E-state index in [0.29, 0.717) is 18.3 Å². The Labute approximate surface area is 188 Å². The molecule has 10 heteroatoms. The summed E-state index contributed by atoms with van der Waals surface area (Å²) in [6, 6.07) is 9.10. The summed E-state index contributed by atoms with van der Waals surface area (Å²) in [4.78, 5) is 14.1. The lowest BCUT2D eigenvalue weighted by atomic mass is 9.94. The van der Waals surface area contributed by atoms with E-state index < -0.39 is 12.3 Å². The quantitative estimate of drug-likeness (QED) is 0.614. The number of H-pyrrole nitrogens is 1. The first kappa shape index (κ1) is 20.7. The monoisotopic (exact) mass is 459 g/mol. The van der Waals surface area contributed by atoms with E-state index in [0.717, 1.165) is 40.9 Å². The van der Waals surface area contributed by atoms with Gasteiger partial charge in [0.15, 0.2) is 6.10 Å². The summed E-state index contributed by atoms with van der Waals surface area (Å²) < 4.78 is 51.2. The van der Waals surface area contributed by atoms with Crippen molar-refractivity contribution < 1.29 is 22.6 Å². The molecule has 0 amide bonds. The van der Waals surface area contributed by atoms with Crippen LogP contribution in [0.15, 0.2) is 36.7 Å². The van der Waals surface area contributed by atoms with Crippen LogP contribution in [0.2, 0.25) is 0 Å². The second-order valence-corrected chi connectivity index (χ2v) is 8.92. The zero-order chi connectivity index (χ0) is 22.6. The molecule has 2 aromatic heterocycles. The summed E-state index contributed by atoms with van der Waals surface area (Å²) in [6.45, 7) is 0.465. The van der Waals surface area contributed by atoms with Gasteiger partial charge in [-0.1, -0.05) is 18.2 Å². The number of benzene rings is 1. The van der Waals surface area contributed by atoms with E-state index >= 15 is 0 Å². The Kier molecular flexibility index (Phi) is 4.95. The maximum absolute atomic E-state index is 13.4. The molecular weight excluding hydrogens is 435 g/mol. The molecule has 3 atom stereocenters. The minimum atomic E-state index is -4.40. The number of anilines is 1. The van der Waals surface area contributed by atoms with Gasteiger partial charge in [-0.2, -0.15) is 13.2 Å². The van der Waals surface area contributed by atoms with Crippen LogP contribution in [0.25, 0.3) is 11.0 Å². The van der Waals surface area contributed by atoms with Gasteiger partial charge in [0.05, 0.1) is 24.1 Å². The maximum atomic E-state index is 13.4. The van der Waals surface area contributed by atoms with E-state index in [9.17, 15) is 13.2 Å². The van der Waals surface area contributed by atoms with Crippen LogP contribution in [0.3, 0.4) is 0 Å². The molecule has 33 heavy (non-hydrogen) atoms. The average Bonchev–Trinajstić information content (AvgIpc) is 3.57. The Hall–Kier alpha value is -2.85. The van der Waals surface area contributed by atoms with Crippen LogP contribution >= 0.6 is 0 Å². The lowest BCUT2D eigenvalue weighted by molar-refractivity contribution is -0.240. The van der Waals surface area contributed by atoms with Crippen molar-refractivity contribution in [2.45, 2.75) is 43.1 Å². The third-order valence-corrected chi connectivity index (χ3v) is 6.74. The topological polar surface area (TPSA) is 75.3 Å². The Balaban J connectivity index is 1.35. The van der Waals surface area contributed by atoms with E-state index in [1.54, 1.807) is 0 Å². The molecule has 3 aliphatic rings. The molecule has 1 saturated heterocycles. The molecule has 1 saturated carbocycles. The minimum Gasteiger partial charge on any atom is -0.491 e. The van der Waals surface area contributed by atoms with Crippen molar-refractivity contribution in [3.63, 3.8) is 0 Å². The fraction of sp³-hybridized carbons (Fsp3) is 0.478. The van der Waals surface area contributed by atoms with Crippen molar-refractivity contribution >= 4 is 16.9 Å². The smallest absolute Gasteiger partial charge is 0.415 e. The molecule has 7 nitrogen and oxygen atoms in total. The fourth-order valence-electron chi connectivity index (χ4n) is 4.84. The summed E-state index contributed by atoms with van der Waals surface area (Å²) in [5, 5.41) is 4.43. The van der Waals surface area contributed by atoms with Crippen molar-refractivity contribution in [1.82, 2.24) is 19.9 Å². The van der Waals surface area contributed by atoms with E-state index in [4.69, 9.17) is 9.47 Å². The normalized spacial score (nSPS) is 26.1. The standard InChI is InChI=1S/C23H24F3N5O2/c24-23(25,26)19-10-31(7-8-32-19)17-11-33-18-4-2-1-3-14(18)20(17)30-22-15-9-16(13-5-6-13)29-21(15)27-12-28-22/h1-4,9,12-13,17,19-20H,5-8,10-11H2,(H2,27,28,29,30)/t17-,19-,20-/m0/s1. The summed E-state index contributed by atoms with van der Waals surface area (Å²) in [7, 11) is 0.